The quantitative estimate of drug-likeness (QED) is 0.872. The fourth-order valence-corrected chi connectivity index (χ4v) is 2.30. The second-order valence-electron chi connectivity index (χ2n) is 5.59. The number of amides is 1. The Bertz CT molecular complexity index is 811. The van der Waals surface area contributed by atoms with Crippen LogP contribution < -0.4 is 10.9 Å². The molecule has 2 rings (SSSR count). The van der Waals surface area contributed by atoms with Crippen molar-refractivity contribution in [3.05, 3.63) is 63.2 Å². The molecule has 0 spiro atoms. The normalized spacial score (nSPS) is 11.7. The second kappa shape index (κ2) is 7.12. The van der Waals surface area contributed by atoms with E-state index in [-0.39, 0.29) is 11.3 Å². The molecule has 6 nitrogen and oxygen atoms in total. The van der Waals surface area contributed by atoms with Crippen molar-refractivity contribution in [3.63, 3.8) is 0 Å². The van der Waals surface area contributed by atoms with Crippen LogP contribution in [0.5, 0.6) is 0 Å². The summed E-state index contributed by atoms with van der Waals surface area (Å²) >= 11 is 0. The van der Waals surface area contributed by atoms with Crippen molar-refractivity contribution in [1.82, 2.24) is 0 Å². The van der Waals surface area contributed by atoms with Gasteiger partial charge in [-0.25, -0.2) is 9.59 Å². The van der Waals surface area contributed by atoms with E-state index in [0.29, 0.717) is 11.3 Å². The van der Waals surface area contributed by atoms with E-state index in [1.54, 1.807) is 13.0 Å². The lowest BCUT2D eigenvalue weighted by Crippen LogP contribution is -2.30. The molecule has 1 unspecified atom stereocenters. The van der Waals surface area contributed by atoms with Crippen LogP contribution in [-0.2, 0) is 9.53 Å². The van der Waals surface area contributed by atoms with Crippen molar-refractivity contribution in [2.75, 3.05) is 5.32 Å². The van der Waals surface area contributed by atoms with Crippen molar-refractivity contribution in [2.45, 2.75) is 33.8 Å². The topological polar surface area (TPSA) is 85.6 Å². The summed E-state index contributed by atoms with van der Waals surface area (Å²) in [5.74, 6) is -0.987. The highest BCUT2D eigenvalue weighted by atomic mass is 16.5. The minimum atomic E-state index is -0.997. The zero-order valence-electron chi connectivity index (χ0n) is 14.0. The first-order valence-corrected chi connectivity index (χ1v) is 7.48. The Labute approximate surface area is 139 Å². The molecule has 1 amide bonds. The molecular weight excluding hydrogens is 310 g/mol. The van der Waals surface area contributed by atoms with E-state index in [1.807, 2.05) is 25.1 Å². The van der Waals surface area contributed by atoms with Crippen molar-refractivity contribution in [2.24, 2.45) is 0 Å². The maximum absolute atomic E-state index is 12.3. The molecule has 0 radical (unpaired) electrons. The van der Waals surface area contributed by atoms with E-state index in [0.717, 1.165) is 5.56 Å². The first-order chi connectivity index (χ1) is 11.3. The molecule has 0 bridgehead atoms. The number of ether oxygens (including phenoxy) is 1. The summed E-state index contributed by atoms with van der Waals surface area (Å²) in [6.07, 6.45) is -0.997. The van der Waals surface area contributed by atoms with Gasteiger partial charge in [0.25, 0.3) is 5.91 Å². The van der Waals surface area contributed by atoms with Crippen LogP contribution in [0.3, 0.4) is 0 Å². The lowest BCUT2D eigenvalue weighted by atomic mass is 10.1. The summed E-state index contributed by atoms with van der Waals surface area (Å²) in [6.45, 7) is 6.50. The summed E-state index contributed by atoms with van der Waals surface area (Å²) in [4.78, 5) is 35.7. The Kier molecular flexibility index (Phi) is 5.18. The smallest absolute Gasteiger partial charge is 0.342 e. The fraction of sp³-hybridized carbons (Fsp3) is 0.278. The van der Waals surface area contributed by atoms with Gasteiger partial charge in [-0.15, -0.1) is 0 Å². The van der Waals surface area contributed by atoms with Gasteiger partial charge in [0.2, 0.25) is 0 Å². The zero-order chi connectivity index (χ0) is 17.9. The summed E-state index contributed by atoms with van der Waals surface area (Å²) in [6, 6.07) is 8.50. The predicted molar refractivity (Wildman–Crippen MR) is 89.1 cm³/mol. The van der Waals surface area contributed by atoms with Crippen LogP contribution in [0.4, 0.5) is 5.69 Å². The second-order valence-corrected chi connectivity index (χ2v) is 5.59. The van der Waals surface area contributed by atoms with Gasteiger partial charge in [-0.05, 0) is 51.0 Å². The molecule has 1 heterocycles. The summed E-state index contributed by atoms with van der Waals surface area (Å²) < 4.78 is 10.1. The molecule has 0 fully saturated rings. The van der Waals surface area contributed by atoms with Gasteiger partial charge in [0.1, 0.15) is 11.3 Å². The average Bonchev–Trinajstić information content (AvgIpc) is 2.45. The van der Waals surface area contributed by atoms with Gasteiger partial charge < -0.3 is 14.5 Å². The Balaban J connectivity index is 2.09. The first kappa shape index (κ1) is 17.5. The molecule has 0 aliphatic rings. The Morgan fingerprint density at radius 3 is 2.50 bits per heavy atom. The number of rotatable bonds is 4. The van der Waals surface area contributed by atoms with Gasteiger partial charge in [0.05, 0.1) is 0 Å². The number of carbonyl (C=O) groups is 2. The van der Waals surface area contributed by atoms with Crippen molar-refractivity contribution in [1.29, 1.82) is 0 Å². The van der Waals surface area contributed by atoms with Gasteiger partial charge in [-0.3, -0.25) is 4.79 Å². The van der Waals surface area contributed by atoms with Crippen molar-refractivity contribution >= 4 is 17.6 Å². The molecule has 0 aliphatic carbocycles. The number of esters is 1. The van der Waals surface area contributed by atoms with E-state index in [4.69, 9.17) is 9.15 Å². The van der Waals surface area contributed by atoms with E-state index in [2.05, 4.69) is 5.32 Å². The molecule has 1 aromatic carbocycles. The van der Waals surface area contributed by atoms with Gasteiger partial charge in [0.15, 0.2) is 6.10 Å². The highest BCUT2D eigenvalue weighted by Crippen LogP contribution is 2.15. The molecule has 1 aromatic heterocycles. The highest BCUT2D eigenvalue weighted by molar-refractivity contribution is 5.98. The number of hydrogen-bond acceptors (Lipinski definition) is 5. The number of benzene rings is 1. The summed E-state index contributed by atoms with van der Waals surface area (Å²) in [5.41, 5.74) is 1.70. The summed E-state index contributed by atoms with van der Waals surface area (Å²) in [5, 5.41) is 2.69. The Morgan fingerprint density at radius 2 is 1.88 bits per heavy atom. The van der Waals surface area contributed by atoms with Crippen LogP contribution in [-0.4, -0.2) is 18.0 Å². The molecule has 0 saturated carbocycles. The fourth-order valence-electron chi connectivity index (χ4n) is 2.30. The molecule has 126 valence electrons. The number of hydrogen-bond donors (Lipinski definition) is 1. The molecule has 24 heavy (non-hydrogen) atoms. The number of anilines is 1. The zero-order valence-corrected chi connectivity index (χ0v) is 14.0. The standard InChI is InChI=1S/C18H19NO5/c1-10-6-5-7-14(8-10)19-17(21)13(4)24-18(22)16-11(2)9-15(20)23-12(16)3/h5-9,13H,1-4H3,(H,19,21). The maximum Gasteiger partial charge on any atom is 0.342 e. The Hall–Kier alpha value is -2.89. The lowest BCUT2D eigenvalue weighted by molar-refractivity contribution is -0.123. The van der Waals surface area contributed by atoms with Gasteiger partial charge >= 0.3 is 11.6 Å². The van der Waals surface area contributed by atoms with Gasteiger partial charge in [0, 0.05) is 11.8 Å². The minimum Gasteiger partial charge on any atom is -0.449 e. The third kappa shape index (κ3) is 4.10. The lowest BCUT2D eigenvalue weighted by Gasteiger charge is -2.15. The first-order valence-electron chi connectivity index (χ1n) is 7.48. The van der Waals surface area contributed by atoms with Crippen LogP contribution in [0.25, 0.3) is 0 Å². The predicted octanol–water partition coefficient (Wildman–Crippen LogP) is 2.75. The molecule has 0 aliphatic heterocycles. The SMILES string of the molecule is Cc1cccc(NC(=O)C(C)OC(=O)c2c(C)cc(=O)oc2C)c1. The van der Waals surface area contributed by atoms with E-state index in [9.17, 15) is 14.4 Å². The monoisotopic (exact) mass is 329 g/mol. The largest absolute Gasteiger partial charge is 0.449 e. The van der Waals surface area contributed by atoms with Crippen LogP contribution in [0.2, 0.25) is 0 Å². The Morgan fingerprint density at radius 1 is 1.17 bits per heavy atom. The number of aryl methyl sites for hydroxylation is 3. The van der Waals surface area contributed by atoms with E-state index >= 15 is 0 Å². The third-order valence-electron chi connectivity index (χ3n) is 3.48. The van der Waals surface area contributed by atoms with Gasteiger partial charge in [-0.2, -0.15) is 0 Å². The van der Waals surface area contributed by atoms with Crippen molar-refractivity contribution in [3.8, 4) is 0 Å². The van der Waals surface area contributed by atoms with Crippen LogP contribution >= 0.6 is 0 Å². The van der Waals surface area contributed by atoms with Crippen LogP contribution in [0.15, 0.2) is 39.5 Å². The molecule has 2 aromatic rings. The van der Waals surface area contributed by atoms with Gasteiger partial charge in [-0.1, -0.05) is 12.1 Å². The summed E-state index contributed by atoms with van der Waals surface area (Å²) in [7, 11) is 0. The van der Waals surface area contributed by atoms with Crippen LogP contribution in [0.1, 0.15) is 34.2 Å². The molecule has 1 atom stereocenters. The number of nitrogens with one attached hydrogen (secondary N) is 1. The van der Waals surface area contributed by atoms with E-state index in [1.165, 1.54) is 19.9 Å². The maximum atomic E-state index is 12.3. The molecular formula is C18H19NO5. The minimum absolute atomic E-state index is 0.157. The highest BCUT2D eigenvalue weighted by Gasteiger charge is 2.23. The van der Waals surface area contributed by atoms with Crippen molar-refractivity contribution < 1.29 is 18.7 Å². The van der Waals surface area contributed by atoms with E-state index < -0.39 is 23.6 Å². The average molecular weight is 329 g/mol. The number of carbonyl (C=O) groups excluding carboxylic acids is 2. The van der Waals surface area contributed by atoms with Crippen LogP contribution in [0, 0.1) is 20.8 Å². The molecule has 6 heteroatoms. The molecule has 0 saturated heterocycles. The third-order valence-corrected chi connectivity index (χ3v) is 3.48. The molecule has 1 N–H and O–H groups in total.